The molecule has 0 radical (unpaired) electrons. The zero-order valence-electron chi connectivity index (χ0n) is 12.2. The molecule has 21 heavy (non-hydrogen) atoms. The Morgan fingerprint density at radius 2 is 2.10 bits per heavy atom. The minimum Gasteiger partial charge on any atom is -0.390 e. The summed E-state index contributed by atoms with van der Waals surface area (Å²) >= 11 is 5.89. The second-order valence-corrected chi connectivity index (χ2v) is 6.06. The van der Waals surface area contributed by atoms with E-state index < -0.39 is 6.10 Å². The van der Waals surface area contributed by atoms with E-state index >= 15 is 0 Å². The lowest BCUT2D eigenvalue weighted by atomic mass is 10.1. The van der Waals surface area contributed by atoms with Crippen LogP contribution in [0, 0.1) is 0 Å². The third kappa shape index (κ3) is 6.04. The van der Waals surface area contributed by atoms with Crippen LogP contribution < -0.4 is 5.32 Å². The van der Waals surface area contributed by atoms with Crippen LogP contribution in [-0.4, -0.2) is 48.2 Å². The number of benzene rings is 1. The molecule has 2 N–H and O–H groups in total. The molecule has 1 fully saturated rings. The van der Waals surface area contributed by atoms with E-state index in [1.165, 1.54) is 19.3 Å². The SMILES string of the molecule is O=C(Cc1cccc(Cl)c1)NCC(O)CN1CCCCC1. The fourth-order valence-electron chi connectivity index (χ4n) is 2.63. The summed E-state index contributed by atoms with van der Waals surface area (Å²) in [5.41, 5.74) is 0.880. The van der Waals surface area contributed by atoms with Crippen molar-refractivity contribution in [3.8, 4) is 0 Å². The summed E-state index contributed by atoms with van der Waals surface area (Å²) in [5.74, 6) is -0.0880. The highest BCUT2D eigenvalue weighted by Gasteiger charge is 2.15. The number of rotatable bonds is 6. The second-order valence-electron chi connectivity index (χ2n) is 5.63. The van der Waals surface area contributed by atoms with Crippen molar-refractivity contribution in [2.75, 3.05) is 26.2 Å². The summed E-state index contributed by atoms with van der Waals surface area (Å²) in [6, 6.07) is 7.27. The van der Waals surface area contributed by atoms with Gasteiger partial charge in [0.05, 0.1) is 12.5 Å². The number of aliphatic hydroxyl groups excluding tert-OH is 1. The number of carbonyl (C=O) groups is 1. The fraction of sp³-hybridized carbons (Fsp3) is 0.562. The standard InChI is InChI=1S/C16H23ClN2O2/c17-14-6-4-5-13(9-14)10-16(21)18-11-15(20)12-19-7-2-1-3-8-19/h4-6,9,15,20H,1-3,7-8,10-12H2,(H,18,21). The van der Waals surface area contributed by atoms with Gasteiger partial charge in [-0.2, -0.15) is 0 Å². The maximum absolute atomic E-state index is 11.8. The van der Waals surface area contributed by atoms with Gasteiger partial charge in [0.1, 0.15) is 0 Å². The average molecular weight is 311 g/mol. The smallest absolute Gasteiger partial charge is 0.224 e. The molecule has 1 amide bonds. The van der Waals surface area contributed by atoms with Gasteiger partial charge >= 0.3 is 0 Å². The summed E-state index contributed by atoms with van der Waals surface area (Å²) in [7, 11) is 0. The third-order valence-corrected chi connectivity index (χ3v) is 3.94. The van der Waals surface area contributed by atoms with Crippen molar-refractivity contribution in [1.82, 2.24) is 10.2 Å². The number of hydrogen-bond donors (Lipinski definition) is 2. The molecule has 0 aromatic heterocycles. The third-order valence-electron chi connectivity index (χ3n) is 3.71. The van der Waals surface area contributed by atoms with E-state index in [1.54, 1.807) is 12.1 Å². The highest BCUT2D eigenvalue weighted by atomic mass is 35.5. The summed E-state index contributed by atoms with van der Waals surface area (Å²) < 4.78 is 0. The van der Waals surface area contributed by atoms with E-state index in [4.69, 9.17) is 11.6 Å². The molecule has 4 nitrogen and oxygen atoms in total. The van der Waals surface area contributed by atoms with Crippen LogP contribution in [0.5, 0.6) is 0 Å². The largest absolute Gasteiger partial charge is 0.390 e. The molecule has 1 atom stereocenters. The van der Waals surface area contributed by atoms with Crippen molar-refractivity contribution in [2.24, 2.45) is 0 Å². The van der Waals surface area contributed by atoms with Crippen LogP contribution in [0.3, 0.4) is 0 Å². The molecule has 1 aromatic rings. The van der Waals surface area contributed by atoms with Gasteiger partial charge in [-0.3, -0.25) is 4.79 Å². The zero-order chi connectivity index (χ0) is 15.1. The van der Waals surface area contributed by atoms with Crippen LogP contribution in [-0.2, 0) is 11.2 Å². The van der Waals surface area contributed by atoms with E-state index in [0.29, 0.717) is 18.1 Å². The molecule has 1 saturated heterocycles. The number of aliphatic hydroxyl groups is 1. The number of halogens is 1. The van der Waals surface area contributed by atoms with Crippen LogP contribution >= 0.6 is 11.6 Å². The van der Waals surface area contributed by atoms with Crippen molar-refractivity contribution in [2.45, 2.75) is 31.8 Å². The maximum Gasteiger partial charge on any atom is 0.224 e. The minimum absolute atomic E-state index is 0.0880. The Kier molecular flexibility index (Phi) is 6.49. The predicted octanol–water partition coefficient (Wildman–Crippen LogP) is 1.85. The molecule has 0 bridgehead atoms. The van der Waals surface area contributed by atoms with Gasteiger partial charge in [-0.1, -0.05) is 30.2 Å². The van der Waals surface area contributed by atoms with E-state index in [-0.39, 0.29) is 12.3 Å². The van der Waals surface area contributed by atoms with Gasteiger partial charge in [0.2, 0.25) is 5.91 Å². The molecule has 1 aliphatic heterocycles. The monoisotopic (exact) mass is 310 g/mol. The predicted molar refractivity (Wildman–Crippen MR) is 84.5 cm³/mol. The van der Waals surface area contributed by atoms with Crippen LogP contribution in [0.15, 0.2) is 24.3 Å². The fourth-order valence-corrected chi connectivity index (χ4v) is 2.84. The number of nitrogens with zero attached hydrogens (tertiary/aromatic N) is 1. The summed E-state index contributed by atoms with van der Waals surface area (Å²) in [5, 5.41) is 13.4. The van der Waals surface area contributed by atoms with E-state index in [0.717, 1.165) is 18.7 Å². The van der Waals surface area contributed by atoms with Gasteiger partial charge in [-0.05, 0) is 43.6 Å². The van der Waals surface area contributed by atoms with E-state index in [9.17, 15) is 9.90 Å². The molecule has 0 saturated carbocycles. The first kappa shape index (κ1) is 16.3. The molecule has 0 aliphatic carbocycles. The zero-order valence-corrected chi connectivity index (χ0v) is 13.0. The number of hydrogen-bond acceptors (Lipinski definition) is 3. The summed E-state index contributed by atoms with van der Waals surface area (Å²) in [4.78, 5) is 14.1. The van der Waals surface area contributed by atoms with E-state index in [1.807, 2.05) is 12.1 Å². The molecule has 1 unspecified atom stereocenters. The van der Waals surface area contributed by atoms with Gasteiger partial charge in [0, 0.05) is 18.1 Å². The topological polar surface area (TPSA) is 52.6 Å². The van der Waals surface area contributed by atoms with Gasteiger partial charge < -0.3 is 15.3 Å². The summed E-state index contributed by atoms with van der Waals surface area (Å²) in [6.07, 6.45) is 3.47. The number of piperidine rings is 1. The van der Waals surface area contributed by atoms with Gasteiger partial charge in [-0.25, -0.2) is 0 Å². The first-order valence-electron chi connectivity index (χ1n) is 7.55. The second kappa shape index (κ2) is 8.37. The van der Waals surface area contributed by atoms with Crippen molar-refractivity contribution in [3.63, 3.8) is 0 Å². The lowest BCUT2D eigenvalue weighted by molar-refractivity contribution is -0.120. The molecular weight excluding hydrogens is 288 g/mol. The number of amides is 1. The summed E-state index contributed by atoms with van der Waals surface area (Å²) in [6.45, 7) is 3.04. The highest BCUT2D eigenvalue weighted by molar-refractivity contribution is 6.30. The van der Waals surface area contributed by atoms with Gasteiger partial charge in [0.25, 0.3) is 0 Å². The molecule has 1 heterocycles. The van der Waals surface area contributed by atoms with Crippen LogP contribution in [0.4, 0.5) is 0 Å². The first-order valence-corrected chi connectivity index (χ1v) is 7.93. The molecule has 2 rings (SSSR count). The Morgan fingerprint density at radius 3 is 2.81 bits per heavy atom. The van der Waals surface area contributed by atoms with Gasteiger partial charge in [-0.15, -0.1) is 0 Å². The molecular formula is C16H23ClN2O2. The Balaban J connectivity index is 1.68. The lowest BCUT2D eigenvalue weighted by Gasteiger charge is -2.28. The maximum atomic E-state index is 11.8. The Bertz CT molecular complexity index is 461. The number of likely N-dealkylation sites (tertiary alicyclic amines) is 1. The lowest BCUT2D eigenvalue weighted by Crippen LogP contribution is -2.42. The molecule has 1 aliphatic rings. The number of carbonyl (C=O) groups excluding carboxylic acids is 1. The van der Waals surface area contributed by atoms with Gasteiger partial charge in [0.15, 0.2) is 0 Å². The first-order chi connectivity index (χ1) is 10.1. The molecule has 116 valence electrons. The Hall–Kier alpha value is -1.10. The van der Waals surface area contributed by atoms with Crippen molar-refractivity contribution < 1.29 is 9.90 Å². The number of β-amino-alcohol motifs (C(OH)–C–C–N with tert-alkyl or cyclic N) is 1. The normalized spacial score (nSPS) is 17.4. The Morgan fingerprint density at radius 1 is 1.33 bits per heavy atom. The molecule has 5 heteroatoms. The van der Waals surface area contributed by atoms with Crippen molar-refractivity contribution >= 4 is 17.5 Å². The van der Waals surface area contributed by atoms with Crippen LogP contribution in [0.2, 0.25) is 5.02 Å². The van der Waals surface area contributed by atoms with Crippen LogP contribution in [0.1, 0.15) is 24.8 Å². The Labute approximate surface area is 131 Å². The van der Waals surface area contributed by atoms with Crippen LogP contribution in [0.25, 0.3) is 0 Å². The molecule has 1 aromatic carbocycles. The van der Waals surface area contributed by atoms with Crippen molar-refractivity contribution in [1.29, 1.82) is 0 Å². The minimum atomic E-state index is -0.508. The average Bonchev–Trinajstić information content (AvgIpc) is 2.46. The van der Waals surface area contributed by atoms with E-state index in [2.05, 4.69) is 10.2 Å². The highest BCUT2D eigenvalue weighted by Crippen LogP contribution is 2.11. The number of nitrogens with one attached hydrogen (secondary N) is 1. The van der Waals surface area contributed by atoms with Crippen molar-refractivity contribution in [3.05, 3.63) is 34.9 Å². The quantitative estimate of drug-likeness (QED) is 0.843. The molecule has 0 spiro atoms.